The maximum absolute atomic E-state index is 13.3. The number of carbonyl (C=O) groups excluding carboxylic acids is 2. The van der Waals surface area contributed by atoms with Gasteiger partial charge in [-0.1, -0.05) is 17.8 Å². The van der Waals surface area contributed by atoms with Gasteiger partial charge < -0.3 is 10.6 Å². The summed E-state index contributed by atoms with van der Waals surface area (Å²) >= 11 is 1.38. The molecule has 2 amide bonds. The summed E-state index contributed by atoms with van der Waals surface area (Å²) in [6.07, 6.45) is 1.66. The Bertz CT molecular complexity index is 1040. The largest absolute Gasteiger partial charge is 0.322 e. The van der Waals surface area contributed by atoms with E-state index in [1.54, 1.807) is 36.5 Å². The Morgan fingerprint density at radius 1 is 1.12 bits per heavy atom. The molecule has 0 aliphatic carbocycles. The highest BCUT2D eigenvalue weighted by Gasteiger charge is 2.21. The van der Waals surface area contributed by atoms with Crippen molar-refractivity contribution >= 4 is 35.0 Å². The maximum atomic E-state index is 13.3. The second-order valence-corrected chi connectivity index (χ2v) is 6.62. The predicted molar refractivity (Wildman–Crippen MR) is 97.1 cm³/mol. The van der Waals surface area contributed by atoms with Crippen molar-refractivity contribution in [2.45, 2.75) is 9.92 Å². The number of fused-ring (bicyclic) bond motifs is 2. The highest BCUT2D eigenvalue weighted by Crippen LogP contribution is 2.38. The van der Waals surface area contributed by atoms with Crippen LogP contribution in [0.2, 0.25) is 0 Å². The number of aromatic nitrogens is 1. The molecule has 0 unspecified atom stereocenters. The standard InChI is InChI=1S/C19H12FN3O2S/c20-12-4-1-3-11(9-12)17(24)22-13-6-7-16-14(10-13)18(25)23-15-5-2-8-21-19(15)26-16/h1-10H,(H,22,24)(H,23,25). The molecule has 2 heterocycles. The molecule has 0 spiro atoms. The fraction of sp³-hybridized carbons (Fsp3) is 0. The summed E-state index contributed by atoms with van der Waals surface area (Å²) in [7, 11) is 0. The van der Waals surface area contributed by atoms with E-state index in [1.165, 1.54) is 30.0 Å². The lowest BCUT2D eigenvalue weighted by molar-refractivity contribution is 0.101. The zero-order valence-corrected chi connectivity index (χ0v) is 14.1. The van der Waals surface area contributed by atoms with Crippen LogP contribution >= 0.6 is 11.8 Å². The topological polar surface area (TPSA) is 71.1 Å². The quantitative estimate of drug-likeness (QED) is 0.714. The van der Waals surface area contributed by atoms with Crippen LogP contribution in [0.15, 0.2) is 70.7 Å². The number of hydrogen-bond donors (Lipinski definition) is 2. The van der Waals surface area contributed by atoms with Gasteiger partial charge in [-0.05, 0) is 48.5 Å². The number of nitrogens with one attached hydrogen (secondary N) is 2. The second kappa shape index (κ2) is 6.61. The van der Waals surface area contributed by atoms with E-state index in [1.807, 2.05) is 0 Å². The number of carbonyl (C=O) groups is 2. The number of nitrogens with zero attached hydrogens (tertiary/aromatic N) is 1. The number of benzene rings is 2. The minimum absolute atomic E-state index is 0.204. The van der Waals surface area contributed by atoms with Crippen molar-refractivity contribution in [3.63, 3.8) is 0 Å². The van der Waals surface area contributed by atoms with Gasteiger partial charge in [0.1, 0.15) is 10.8 Å². The van der Waals surface area contributed by atoms with Gasteiger partial charge in [-0.25, -0.2) is 9.37 Å². The zero-order chi connectivity index (χ0) is 18.1. The first-order valence-electron chi connectivity index (χ1n) is 7.75. The van der Waals surface area contributed by atoms with Crippen molar-refractivity contribution < 1.29 is 14.0 Å². The molecule has 0 fully saturated rings. The van der Waals surface area contributed by atoms with Crippen molar-refractivity contribution in [3.8, 4) is 0 Å². The number of pyridine rings is 1. The molecule has 2 aromatic carbocycles. The first-order chi connectivity index (χ1) is 12.6. The van der Waals surface area contributed by atoms with Gasteiger partial charge in [0.05, 0.1) is 11.3 Å². The third-order valence-corrected chi connectivity index (χ3v) is 4.89. The number of halogens is 1. The zero-order valence-electron chi connectivity index (χ0n) is 13.3. The molecule has 0 saturated heterocycles. The van der Waals surface area contributed by atoms with E-state index < -0.39 is 11.7 Å². The maximum Gasteiger partial charge on any atom is 0.256 e. The molecule has 0 saturated carbocycles. The molecule has 26 heavy (non-hydrogen) atoms. The number of hydrogen-bond acceptors (Lipinski definition) is 4. The molecule has 1 aliphatic rings. The van der Waals surface area contributed by atoms with E-state index in [-0.39, 0.29) is 11.5 Å². The van der Waals surface area contributed by atoms with E-state index in [4.69, 9.17) is 0 Å². The Morgan fingerprint density at radius 2 is 2.00 bits per heavy atom. The van der Waals surface area contributed by atoms with Crippen LogP contribution in [0.25, 0.3) is 0 Å². The van der Waals surface area contributed by atoms with E-state index in [0.717, 1.165) is 11.0 Å². The highest BCUT2D eigenvalue weighted by molar-refractivity contribution is 7.99. The monoisotopic (exact) mass is 365 g/mol. The molecule has 2 N–H and O–H groups in total. The average Bonchev–Trinajstić information content (AvgIpc) is 2.77. The second-order valence-electron chi connectivity index (χ2n) is 5.59. The molecular weight excluding hydrogens is 353 g/mol. The molecule has 1 aliphatic heterocycles. The first-order valence-corrected chi connectivity index (χ1v) is 8.57. The van der Waals surface area contributed by atoms with Crippen LogP contribution < -0.4 is 10.6 Å². The molecule has 3 aromatic rings. The predicted octanol–water partition coefficient (Wildman–Crippen LogP) is 4.19. The lowest BCUT2D eigenvalue weighted by Crippen LogP contribution is -2.15. The van der Waals surface area contributed by atoms with Gasteiger partial charge in [0, 0.05) is 22.3 Å². The van der Waals surface area contributed by atoms with Crippen LogP contribution in [0.1, 0.15) is 20.7 Å². The number of amides is 2. The highest BCUT2D eigenvalue weighted by atomic mass is 32.2. The number of rotatable bonds is 2. The number of anilines is 2. The summed E-state index contributed by atoms with van der Waals surface area (Å²) in [5.74, 6) is -1.21. The van der Waals surface area contributed by atoms with Gasteiger partial charge in [-0.3, -0.25) is 9.59 Å². The van der Waals surface area contributed by atoms with Crippen molar-refractivity contribution in [1.82, 2.24) is 4.98 Å². The third-order valence-electron chi connectivity index (χ3n) is 3.79. The third kappa shape index (κ3) is 3.16. The summed E-state index contributed by atoms with van der Waals surface area (Å²) in [5, 5.41) is 6.21. The van der Waals surface area contributed by atoms with Crippen LogP contribution in [0.3, 0.4) is 0 Å². The molecule has 0 bridgehead atoms. The smallest absolute Gasteiger partial charge is 0.256 e. The van der Waals surface area contributed by atoms with Crippen LogP contribution in [0.4, 0.5) is 15.8 Å². The molecule has 0 atom stereocenters. The van der Waals surface area contributed by atoms with Gasteiger partial charge in [0.25, 0.3) is 11.8 Å². The summed E-state index contributed by atoms with van der Waals surface area (Å²) in [5.41, 5.74) is 1.73. The van der Waals surface area contributed by atoms with Crippen LogP contribution in [0.5, 0.6) is 0 Å². The van der Waals surface area contributed by atoms with Crippen molar-refractivity contribution in [3.05, 3.63) is 77.7 Å². The molecule has 0 radical (unpaired) electrons. The average molecular weight is 365 g/mol. The van der Waals surface area contributed by atoms with E-state index >= 15 is 0 Å². The minimum atomic E-state index is -0.486. The van der Waals surface area contributed by atoms with Gasteiger partial charge in [0.2, 0.25) is 0 Å². The molecular formula is C19H12FN3O2S. The minimum Gasteiger partial charge on any atom is -0.322 e. The summed E-state index contributed by atoms with van der Waals surface area (Å²) in [6.45, 7) is 0. The van der Waals surface area contributed by atoms with E-state index in [2.05, 4.69) is 15.6 Å². The normalized spacial score (nSPS) is 12.4. The molecule has 7 heteroatoms. The Morgan fingerprint density at radius 3 is 2.85 bits per heavy atom. The Balaban J connectivity index is 1.63. The fourth-order valence-electron chi connectivity index (χ4n) is 2.57. The summed E-state index contributed by atoms with van der Waals surface area (Å²) < 4.78 is 13.3. The van der Waals surface area contributed by atoms with E-state index in [9.17, 15) is 14.0 Å². The molecule has 1 aromatic heterocycles. The van der Waals surface area contributed by atoms with Gasteiger partial charge in [-0.2, -0.15) is 0 Å². The van der Waals surface area contributed by atoms with Crippen molar-refractivity contribution in [2.75, 3.05) is 10.6 Å². The van der Waals surface area contributed by atoms with Crippen LogP contribution in [0, 0.1) is 5.82 Å². The molecule has 5 nitrogen and oxygen atoms in total. The summed E-state index contributed by atoms with van der Waals surface area (Å²) in [4.78, 5) is 29.8. The van der Waals surface area contributed by atoms with Crippen molar-refractivity contribution in [2.24, 2.45) is 0 Å². The first kappa shape index (κ1) is 16.3. The van der Waals surface area contributed by atoms with Gasteiger partial charge in [-0.15, -0.1) is 0 Å². The Labute approximate surface area is 152 Å². The molecule has 128 valence electrons. The van der Waals surface area contributed by atoms with Crippen molar-refractivity contribution in [1.29, 1.82) is 0 Å². The SMILES string of the molecule is O=C(Nc1ccc2c(c1)C(=O)Nc1cccnc1S2)c1cccc(F)c1. The van der Waals surface area contributed by atoms with Gasteiger partial charge >= 0.3 is 0 Å². The lowest BCUT2D eigenvalue weighted by atomic mass is 10.1. The fourth-order valence-corrected chi connectivity index (χ4v) is 3.52. The lowest BCUT2D eigenvalue weighted by Gasteiger charge is -2.09. The Kier molecular flexibility index (Phi) is 4.14. The van der Waals surface area contributed by atoms with Crippen LogP contribution in [-0.4, -0.2) is 16.8 Å². The van der Waals surface area contributed by atoms with Crippen LogP contribution in [-0.2, 0) is 0 Å². The van der Waals surface area contributed by atoms with Gasteiger partial charge in [0.15, 0.2) is 0 Å². The molecule has 4 rings (SSSR count). The van der Waals surface area contributed by atoms with E-state index in [0.29, 0.717) is 22.0 Å². The summed E-state index contributed by atoms with van der Waals surface area (Å²) in [6, 6.07) is 14.0. The Hall–Kier alpha value is -3.19.